The zero-order chi connectivity index (χ0) is 15.8. The third-order valence-corrected chi connectivity index (χ3v) is 5.49. The number of para-hydroxylation sites is 2. The van der Waals surface area contributed by atoms with Gasteiger partial charge >= 0.3 is 5.69 Å². The molecule has 0 bridgehead atoms. The van der Waals surface area contributed by atoms with Crippen molar-refractivity contribution in [2.75, 3.05) is 13.1 Å². The molecule has 1 aliphatic heterocycles. The molecule has 1 amide bonds. The lowest BCUT2D eigenvalue weighted by Gasteiger charge is -2.34. The number of fused-ring (bicyclic) bond motifs is 1. The molecule has 1 aromatic heterocycles. The van der Waals surface area contributed by atoms with Crippen molar-refractivity contribution in [1.29, 1.82) is 0 Å². The van der Waals surface area contributed by atoms with Gasteiger partial charge in [0.2, 0.25) is 5.91 Å². The normalized spacial score (nSPS) is 19.9. The van der Waals surface area contributed by atoms with Crippen molar-refractivity contribution in [3.63, 3.8) is 0 Å². The molecule has 0 spiro atoms. The van der Waals surface area contributed by atoms with Gasteiger partial charge in [-0.2, -0.15) is 0 Å². The molecule has 2 aliphatic rings. The largest absolute Gasteiger partial charge is 0.343 e. The van der Waals surface area contributed by atoms with Crippen molar-refractivity contribution in [3.8, 4) is 0 Å². The number of H-pyrrole nitrogens is 1. The lowest BCUT2D eigenvalue weighted by Crippen LogP contribution is -2.41. The summed E-state index contributed by atoms with van der Waals surface area (Å²) in [6.07, 6.45) is 6.15. The Kier molecular flexibility index (Phi) is 3.71. The van der Waals surface area contributed by atoms with E-state index in [0.29, 0.717) is 11.8 Å². The number of nitrogens with one attached hydrogen (secondary N) is 1. The number of carbonyl (C=O) groups is 1. The van der Waals surface area contributed by atoms with E-state index < -0.39 is 0 Å². The second-order valence-electron chi connectivity index (χ2n) is 6.93. The van der Waals surface area contributed by atoms with Gasteiger partial charge in [-0.3, -0.25) is 9.36 Å². The van der Waals surface area contributed by atoms with Crippen LogP contribution in [0, 0.1) is 5.92 Å². The second-order valence-corrected chi connectivity index (χ2v) is 6.93. The highest BCUT2D eigenvalue weighted by Crippen LogP contribution is 2.31. The van der Waals surface area contributed by atoms with E-state index in [4.69, 9.17) is 0 Å². The third-order valence-electron chi connectivity index (χ3n) is 5.49. The van der Waals surface area contributed by atoms with Gasteiger partial charge in [0.1, 0.15) is 0 Å². The number of carbonyl (C=O) groups excluding carboxylic acids is 1. The molecule has 0 radical (unpaired) electrons. The van der Waals surface area contributed by atoms with Crippen molar-refractivity contribution in [2.24, 2.45) is 5.92 Å². The Balaban J connectivity index is 1.45. The summed E-state index contributed by atoms with van der Waals surface area (Å²) in [6, 6.07) is 8.01. The Morgan fingerprint density at radius 2 is 1.87 bits per heavy atom. The molecule has 1 aromatic carbocycles. The van der Waals surface area contributed by atoms with E-state index in [0.717, 1.165) is 43.4 Å². The Bertz CT molecular complexity index is 764. The quantitative estimate of drug-likeness (QED) is 0.947. The lowest BCUT2D eigenvalue weighted by atomic mass is 9.82. The van der Waals surface area contributed by atoms with Crippen LogP contribution < -0.4 is 5.69 Å². The van der Waals surface area contributed by atoms with Gasteiger partial charge in [0.15, 0.2) is 0 Å². The van der Waals surface area contributed by atoms with E-state index in [-0.39, 0.29) is 11.7 Å². The Morgan fingerprint density at radius 1 is 1.13 bits per heavy atom. The molecule has 0 atom stereocenters. The smallest absolute Gasteiger partial charge is 0.326 e. The maximum Gasteiger partial charge on any atom is 0.326 e. The van der Waals surface area contributed by atoms with Gasteiger partial charge in [0, 0.05) is 25.6 Å². The topological polar surface area (TPSA) is 58.1 Å². The number of likely N-dealkylation sites (tertiary alicyclic amines) is 1. The summed E-state index contributed by atoms with van der Waals surface area (Å²) in [5, 5.41) is 0. The highest BCUT2D eigenvalue weighted by Gasteiger charge is 2.28. The first-order chi connectivity index (χ1) is 11.2. The SMILES string of the molecule is O=C(CC1CCC1)N1CCC(n2c(=O)[nH]c3ccccc32)CC1. The van der Waals surface area contributed by atoms with Crippen LogP contribution in [0.5, 0.6) is 0 Å². The maximum absolute atomic E-state index is 12.3. The van der Waals surface area contributed by atoms with Gasteiger partial charge < -0.3 is 9.88 Å². The molecule has 5 nitrogen and oxygen atoms in total. The highest BCUT2D eigenvalue weighted by molar-refractivity contribution is 5.77. The summed E-state index contributed by atoms with van der Waals surface area (Å²) in [4.78, 5) is 29.5. The van der Waals surface area contributed by atoms with Crippen LogP contribution in [0.4, 0.5) is 0 Å². The molecule has 1 saturated heterocycles. The predicted molar refractivity (Wildman–Crippen MR) is 89.4 cm³/mol. The molecule has 2 heterocycles. The first-order valence-electron chi connectivity index (χ1n) is 8.69. The molecule has 2 aromatic rings. The minimum atomic E-state index is -0.0366. The highest BCUT2D eigenvalue weighted by atomic mass is 16.2. The number of piperidine rings is 1. The molecule has 2 fully saturated rings. The molecule has 122 valence electrons. The van der Waals surface area contributed by atoms with Gasteiger partial charge in [-0.1, -0.05) is 18.6 Å². The molecule has 1 saturated carbocycles. The van der Waals surface area contributed by atoms with Gasteiger partial charge in [-0.15, -0.1) is 0 Å². The average molecular weight is 313 g/mol. The Hall–Kier alpha value is -2.04. The van der Waals surface area contributed by atoms with E-state index in [2.05, 4.69) is 4.98 Å². The maximum atomic E-state index is 12.3. The molecular formula is C18H23N3O2. The number of aromatic nitrogens is 2. The Morgan fingerprint density at radius 3 is 2.57 bits per heavy atom. The fourth-order valence-corrected chi connectivity index (χ4v) is 3.88. The molecule has 23 heavy (non-hydrogen) atoms. The van der Waals surface area contributed by atoms with E-state index in [1.54, 1.807) is 0 Å². The summed E-state index contributed by atoms with van der Waals surface area (Å²) in [5.41, 5.74) is 1.82. The molecule has 1 aliphatic carbocycles. The number of hydrogen-bond donors (Lipinski definition) is 1. The fourth-order valence-electron chi connectivity index (χ4n) is 3.88. The monoisotopic (exact) mass is 313 g/mol. The van der Waals surface area contributed by atoms with E-state index in [1.807, 2.05) is 33.7 Å². The number of amides is 1. The number of hydrogen-bond acceptors (Lipinski definition) is 2. The van der Waals surface area contributed by atoms with Crippen LogP contribution in [0.3, 0.4) is 0 Å². The third kappa shape index (κ3) is 2.69. The van der Waals surface area contributed by atoms with E-state index >= 15 is 0 Å². The van der Waals surface area contributed by atoms with Crippen LogP contribution in [-0.2, 0) is 4.79 Å². The Labute approximate surface area is 135 Å². The standard InChI is InChI=1S/C18H23N3O2/c22-17(12-13-4-3-5-13)20-10-8-14(9-11-20)21-16-7-2-1-6-15(16)19-18(21)23/h1-2,6-7,13-14H,3-5,8-12H2,(H,19,23). The van der Waals surface area contributed by atoms with Gasteiger partial charge in [0.05, 0.1) is 11.0 Å². The molecule has 0 unspecified atom stereocenters. The number of imidazole rings is 1. The van der Waals surface area contributed by atoms with Crippen LogP contribution in [0.2, 0.25) is 0 Å². The predicted octanol–water partition coefficient (Wildman–Crippen LogP) is 2.68. The van der Waals surface area contributed by atoms with Crippen molar-refractivity contribution in [1.82, 2.24) is 14.5 Å². The summed E-state index contributed by atoms with van der Waals surface area (Å²) in [5.74, 6) is 0.927. The van der Waals surface area contributed by atoms with Gasteiger partial charge in [-0.25, -0.2) is 4.79 Å². The minimum absolute atomic E-state index is 0.0366. The first kappa shape index (κ1) is 14.5. The summed E-state index contributed by atoms with van der Waals surface area (Å²) in [7, 11) is 0. The van der Waals surface area contributed by atoms with Crippen molar-refractivity contribution >= 4 is 16.9 Å². The van der Waals surface area contributed by atoms with Gasteiger partial charge in [-0.05, 0) is 43.7 Å². The summed E-state index contributed by atoms with van der Waals surface area (Å²) >= 11 is 0. The molecule has 1 N–H and O–H groups in total. The van der Waals surface area contributed by atoms with Gasteiger partial charge in [0.25, 0.3) is 0 Å². The molecule has 4 rings (SSSR count). The van der Waals surface area contributed by atoms with Crippen LogP contribution in [0.25, 0.3) is 11.0 Å². The van der Waals surface area contributed by atoms with E-state index in [9.17, 15) is 9.59 Å². The van der Waals surface area contributed by atoms with Crippen LogP contribution in [0.15, 0.2) is 29.1 Å². The van der Waals surface area contributed by atoms with Crippen molar-refractivity contribution in [2.45, 2.75) is 44.6 Å². The minimum Gasteiger partial charge on any atom is -0.343 e. The van der Waals surface area contributed by atoms with Crippen molar-refractivity contribution < 1.29 is 4.79 Å². The molecular weight excluding hydrogens is 290 g/mol. The number of benzene rings is 1. The first-order valence-corrected chi connectivity index (χ1v) is 8.69. The lowest BCUT2D eigenvalue weighted by molar-refractivity contribution is -0.134. The van der Waals surface area contributed by atoms with Crippen LogP contribution in [0.1, 0.15) is 44.6 Å². The fraction of sp³-hybridized carbons (Fsp3) is 0.556. The zero-order valence-corrected chi connectivity index (χ0v) is 13.3. The summed E-state index contributed by atoms with van der Waals surface area (Å²) < 4.78 is 1.88. The number of aromatic amines is 1. The molecule has 5 heteroatoms. The zero-order valence-electron chi connectivity index (χ0n) is 13.3. The van der Waals surface area contributed by atoms with Crippen molar-refractivity contribution in [3.05, 3.63) is 34.7 Å². The summed E-state index contributed by atoms with van der Waals surface area (Å²) in [6.45, 7) is 1.53. The second kappa shape index (κ2) is 5.87. The average Bonchev–Trinajstić information content (AvgIpc) is 2.86. The van der Waals surface area contributed by atoms with Crippen LogP contribution in [-0.4, -0.2) is 33.4 Å². The van der Waals surface area contributed by atoms with E-state index in [1.165, 1.54) is 19.3 Å². The number of rotatable bonds is 3. The number of nitrogens with zero attached hydrogens (tertiary/aromatic N) is 2. The van der Waals surface area contributed by atoms with Crippen LogP contribution >= 0.6 is 0 Å².